The van der Waals surface area contributed by atoms with Crippen LogP contribution in [0.5, 0.6) is 5.75 Å². The first kappa shape index (κ1) is 47.6. The molecular formula is C49H60N6O8S. The van der Waals surface area contributed by atoms with Crippen LogP contribution in [0.3, 0.4) is 0 Å². The van der Waals surface area contributed by atoms with Gasteiger partial charge in [0.1, 0.15) is 5.75 Å². The van der Waals surface area contributed by atoms with Gasteiger partial charge in [0.25, 0.3) is 11.8 Å². The number of piperidine rings is 1. The van der Waals surface area contributed by atoms with E-state index in [1.807, 2.05) is 20.8 Å². The van der Waals surface area contributed by atoms with Crippen molar-refractivity contribution in [1.29, 1.82) is 0 Å². The number of fused-ring (bicyclic) bond motifs is 1. The molecule has 0 aliphatic carbocycles. The Bertz CT molecular complexity index is 2780. The average Bonchev–Trinajstić information content (AvgIpc) is 3.29. The first-order valence-corrected chi connectivity index (χ1v) is 23.4. The molecule has 6 rings (SSSR count). The van der Waals surface area contributed by atoms with Gasteiger partial charge in [-0.25, -0.2) is 8.42 Å². The van der Waals surface area contributed by atoms with Crippen molar-refractivity contribution >= 4 is 55.1 Å². The molecule has 1 aliphatic rings. The zero-order valence-corrected chi connectivity index (χ0v) is 38.1. The van der Waals surface area contributed by atoms with Gasteiger partial charge in [-0.1, -0.05) is 37.5 Å². The molecule has 64 heavy (non-hydrogen) atoms. The summed E-state index contributed by atoms with van der Waals surface area (Å²) >= 11 is 0. The molecule has 0 bridgehead atoms. The lowest BCUT2D eigenvalue weighted by atomic mass is 10.0. The number of aliphatic hydroxyl groups is 1. The summed E-state index contributed by atoms with van der Waals surface area (Å²) in [4.78, 5) is 47.2. The maximum Gasteiger partial charge on any atom is 0.253 e. The monoisotopic (exact) mass is 892 g/mol. The summed E-state index contributed by atoms with van der Waals surface area (Å²) in [7, 11) is -2.59. The predicted molar refractivity (Wildman–Crippen MR) is 250 cm³/mol. The van der Waals surface area contributed by atoms with Crippen LogP contribution in [0.1, 0.15) is 92.0 Å². The number of amides is 2. The summed E-state index contributed by atoms with van der Waals surface area (Å²) in [5.41, 5.74) is 9.82. The summed E-state index contributed by atoms with van der Waals surface area (Å²) in [6.45, 7) is 10.5. The van der Waals surface area contributed by atoms with Gasteiger partial charge in [-0.3, -0.25) is 19.4 Å². The van der Waals surface area contributed by atoms with Gasteiger partial charge in [-0.05, 0) is 124 Å². The van der Waals surface area contributed by atoms with Crippen LogP contribution in [0.2, 0.25) is 0 Å². The SMILES string of the molecule is CC/C(=c1/ccc(=O)[nH]c1=C(C)C)C(O)CNCCCCCCOC1CCN(C(=O)c2cccc(S(=O)(=O)c3cc(C)c4ncc(C(N)=O)c(Nc5cccc(OC)c5)c4c3)c2)CC1. The third-order valence-electron chi connectivity index (χ3n) is 11.7. The number of likely N-dealkylation sites (tertiary alicyclic amines) is 1. The largest absolute Gasteiger partial charge is 0.497 e. The highest BCUT2D eigenvalue weighted by Gasteiger charge is 2.27. The molecule has 2 amide bonds. The van der Waals surface area contributed by atoms with Crippen LogP contribution in [-0.2, 0) is 14.6 Å². The third-order valence-corrected chi connectivity index (χ3v) is 13.4. The van der Waals surface area contributed by atoms with E-state index in [1.165, 1.54) is 36.5 Å². The number of pyridine rings is 2. The Morgan fingerprint density at radius 3 is 2.45 bits per heavy atom. The first-order chi connectivity index (χ1) is 30.7. The minimum atomic E-state index is -4.13. The molecule has 1 unspecified atom stereocenters. The lowest BCUT2D eigenvalue weighted by Crippen LogP contribution is -2.41. The number of aromatic amines is 1. The van der Waals surface area contributed by atoms with Crippen molar-refractivity contribution < 1.29 is 32.6 Å². The summed E-state index contributed by atoms with van der Waals surface area (Å²) in [6, 6.07) is 19.5. The number of aryl methyl sites for hydroxylation is 1. The van der Waals surface area contributed by atoms with Crippen molar-refractivity contribution in [2.45, 2.75) is 94.6 Å². The Labute approximate surface area is 374 Å². The van der Waals surface area contributed by atoms with Crippen molar-refractivity contribution in [3.05, 3.63) is 117 Å². The normalized spacial score (nSPS) is 14.3. The van der Waals surface area contributed by atoms with Gasteiger partial charge in [-0.2, -0.15) is 0 Å². The van der Waals surface area contributed by atoms with E-state index >= 15 is 0 Å². The number of nitrogens with two attached hydrogens (primary N) is 1. The minimum Gasteiger partial charge on any atom is -0.497 e. The zero-order chi connectivity index (χ0) is 46.0. The van der Waals surface area contributed by atoms with E-state index < -0.39 is 21.8 Å². The van der Waals surface area contributed by atoms with E-state index in [0.717, 1.165) is 53.9 Å². The summed E-state index contributed by atoms with van der Waals surface area (Å²) in [6.07, 6.45) is 6.77. The van der Waals surface area contributed by atoms with Gasteiger partial charge in [0.05, 0.1) is 45.9 Å². The number of rotatable bonds is 19. The number of ether oxygens (including phenoxy) is 2. The maximum atomic E-state index is 14.2. The van der Waals surface area contributed by atoms with Gasteiger partial charge < -0.3 is 40.8 Å². The molecule has 14 nitrogen and oxygen atoms in total. The number of aliphatic hydroxyl groups excluding tert-OH is 1. The number of carbonyl (C=O) groups excluding carboxylic acids is 2. The highest BCUT2D eigenvalue weighted by molar-refractivity contribution is 7.91. The molecule has 0 saturated carbocycles. The van der Waals surface area contributed by atoms with E-state index in [9.17, 15) is 27.9 Å². The van der Waals surface area contributed by atoms with Gasteiger partial charge >= 0.3 is 0 Å². The molecule has 340 valence electrons. The standard InChI is InChI=1S/C49H60N6O8S/c1-6-39(40-17-18-44(57)54-45(40)31(2)3)43(56)30-51-21-9-7-8-10-24-63-35-19-22-55(23-20-35)49(59)33-13-11-16-37(26-33)64(60,61)38-25-32(4)46-41(28-38)47(42(29-52-46)48(50)58)53-34-14-12-15-36(27-34)62-5/h11-18,25-29,35,43,51,56H,6-10,19-24,30H2,1-5H3,(H2,50,58)(H,52,53)(H,54,57)/b40-39+. The second-order valence-electron chi connectivity index (χ2n) is 16.4. The van der Waals surface area contributed by atoms with Crippen molar-refractivity contribution in [1.82, 2.24) is 20.2 Å². The van der Waals surface area contributed by atoms with Crippen molar-refractivity contribution in [2.75, 3.05) is 45.2 Å². The third kappa shape index (κ3) is 11.4. The molecular weight excluding hydrogens is 833 g/mol. The van der Waals surface area contributed by atoms with Crippen LogP contribution >= 0.6 is 0 Å². The lowest BCUT2D eigenvalue weighted by molar-refractivity contribution is 0.00718. The zero-order valence-electron chi connectivity index (χ0n) is 37.3. The van der Waals surface area contributed by atoms with Crippen LogP contribution < -0.4 is 37.2 Å². The second-order valence-corrected chi connectivity index (χ2v) is 18.4. The predicted octanol–water partition coefficient (Wildman–Crippen LogP) is 5.50. The smallest absolute Gasteiger partial charge is 0.253 e. The quantitative estimate of drug-likeness (QED) is 0.0655. The van der Waals surface area contributed by atoms with Crippen molar-refractivity contribution in [3.63, 3.8) is 0 Å². The topological polar surface area (TPSA) is 206 Å². The number of H-pyrrole nitrogens is 1. The number of anilines is 2. The number of carbonyl (C=O) groups is 2. The van der Waals surface area contributed by atoms with Gasteiger partial charge in [-0.15, -0.1) is 0 Å². The number of nitrogens with zero attached hydrogens (tertiary/aromatic N) is 2. The van der Waals surface area contributed by atoms with Crippen LogP contribution in [0.15, 0.2) is 93.6 Å². The maximum absolute atomic E-state index is 14.2. The molecule has 1 aliphatic heterocycles. The number of primary amides is 1. The second kappa shape index (κ2) is 21.7. The van der Waals surface area contributed by atoms with Crippen LogP contribution in [0.25, 0.3) is 22.0 Å². The van der Waals surface area contributed by atoms with Gasteiger partial charge in [0.15, 0.2) is 0 Å². The molecule has 0 spiro atoms. The molecule has 6 N–H and O–H groups in total. The molecule has 2 aromatic heterocycles. The van der Waals surface area contributed by atoms with E-state index in [2.05, 4.69) is 20.6 Å². The fourth-order valence-electron chi connectivity index (χ4n) is 8.17. The number of methoxy groups -OCH3 is 1. The van der Waals surface area contributed by atoms with E-state index in [4.69, 9.17) is 15.2 Å². The molecule has 5 aromatic rings. The molecule has 1 atom stereocenters. The highest BCUT2D eigenvalue weighted by atomic mass is 32.2. The summed E-state index contributed by atoms with van der Waals surface area (Å²) < 4.78 is 40.0. The Balaban J connectivity index is 0.989. The first-order valence-electron chi connectivity index (χ1n) is 21.9. The van der Waals surface area contributed by atoms with E-state index in [-0.39, 0.29) is 38.5 Å². The molecule has 15 heteroatoms. The lowest BCUT2D eigenvalue weighted by Gasteiger charge is -2.32. The summed E-state index contributed by atoms with van der Waals surface area (Å²) in [5, 5.41) is 19.6. The molecule has 1 fully saturated rings. The Hall–Kier alpha value is -5.87. The van der Waals surface area contributed by atoms with Gasteiger partial charge in [0, 0.05) is 66.6 Å². The number of nitrogens with one attached hydrogen (secondary N) is 3. The highest BCUT2D eigenvalue weighted by Crippen LogP contribution is 2.35. The Morgan fingerprint density at radius 1 is 0.984 bits per heavy atom. The number of sulfone groups is 1. The Kier molecular flexibility index (Phi) is 16.1. The fraction of sp³-hybridized carbons (Fsp3) is 0.388. The number of benzene rings is 3. The van der Waals surface area contributed by atoms with Crippen LogP contribution in [-0.4, -0.2) is 92.3 Å². The van der Waals surface area contributed by atoms with E-state index in [0.29, 0.717) is 79.1 Å². The van der Waals surface area contributed by atoms with E-state index in [1.54, 1.807) is 61.4 Å². The average molecular weight is 893 g/mol. The number of hydrogen-bond donors (Lipinski definition) is 5. The minimum absolute atomic E-state index is 0.0202. The van der Waals surface area contributed by atoms with Crippen LogP contribution in [0.4, 0.5) is 11.4 Å². The number of unbranched alkanes of at least 4 members (excludes halogenated alkanes) is 3. The summed E-state index contributed by atoms with van der Waals surface area (Å²) in [5.74, 6) is -0.394. The molecule has 3 heterocycles. The molecule has 3 aromatic carbocycles. The number of aromatic nitrogens is 2. The number of hydrogen-bond acceptors (Lipinski definition) is 11. The fourth-order valence-corrected chi connectivity index (χ4v) is 9.59. The van der Waals surface area contributed by atoms with Crippen molar-refractivity contribution in [3.8, 4) is 5.75 Å². The Morgan fingerprint density at radius 2 is 1.73 bits per heavy atom. The van der Waals surface area contributed by atoms with Gasteiger partial charge in [0.2, 0.25) is 15.4 Å². The van der Waals surface area contributed by atoms with Crippen LogP contribution in [0, 0.1) is 6.92 Å². The molecule has 0 radical (unpaired) electrons. The molecule has 1 saturated heterocycles. The van der Waals surface area contributed by atoms with Crippen molar-refractivity contribution in [2.24, 2.45) is 5.73 Å².